The molecule has 17 heavy (non-hydrogen) atoms. The lowest BCUT2D eigenvalue weighted by molar-refractivity contribution is -0.137. The molecule has 0 fully saturated rings. The van der Waals surface area contributed by atoms with Crippen molar-refractivity contribution in [2.75, 3.05) is 12.8 Å². The molecule has 96 valence electrons. The summed E-state index contributed by atoms with van der Waals surface area (Å²) < 4.78 is 37.5. The SMILES string of the molecule is CNC(C)C(O)c1cc(C(F)(F)F)ccc1N. The van der Waals surface area contributed by atoms with E-state index in [4.69, 9.17) is 5.73 Å². The number of rotatable bonds is 3. The van der Waals surface area contributed by atoms with E-state index in [2.05, 4.69) is 5.32 Å². The summed E-state index contributed by atoms with van der Waals surface area (Å²) in [6.45, 7) is 1.66. The standard InChI is InChI=1S/C11H15F3N2O/c1-6(16-2)10(17)8-5-7(11(12,13)14)3-4-9(8)15/h3-6,10,16-17H,15H2,1-2H3. The first-order valence-corrected chi connectivity index (χ1v) is 5.09. The zero-order valence-corrected chi connectivity index (χ0v) is 9.55. The average Bonchev–Trinajstić information content (AvgIpc) is 2.26. The second-order valence-electron chi connectivity index (χ2n) is 3.86. The molecule has 0 spiro atoms. The van der Waals surface area contributed by atoms with Gasteiger partial charge in [0.25, 0.3) is 0 Å². The minimum Gasteiger partial charge on any atom is -0.398 e. The average molecular weight is 248 g/mol. The first-order valence-electron chi connectivity index (χ1n) is 5.09. The van der Waals surface area contributed by atoms with Crippen LogP contribution >= 0.6 is 0 Å². The third kappa shape index (κ3) is 3.10. The van der Waals surface area contributed by atoms with Gasteiger partial charge in [0.15, 0.2) is 0 Å². The van der Waals surface area contributed by atoms with Gasteiger partial charge in [-0.2, -0.15) is 13.2 Å². The van der Waals surface area contributed by atoms with Crippen LogP contribution in [0, 0.1) is 0 Å². The number of halogens is 3. The van der Waals surface area contributed by atoms with Gasteiger partial charge in [0.2, 0.25) is 0 Å². The number of benzene rings is 1. The quantitative estimate of drug-likeness (QED) is 0.716. The fourth-order valence-electron chi connectivity index (χ4n) is 1.43. The van der Waals surface area contributed by atoms with Gasteiger partial charge < -0.3 is 16.2 Å². The molecule has 1 rings (SSSR count). The molecule has 0 saturated carbocycles. The summed E-state index contributed by atoms with van der Waals surface area (Å²) in [5.41, 5.74) is 4.99. The van der Waals surface area contributed by atoms with Crippen LogP contribution in [0.2, 0.25) is 0 Å². The Morgan fingerprint density at radius 2 is 1.94 bits per heavy atom. The second kappa shape index (κ2) is 4.93. The Morgan fingerprint density at radius 1 is 1.35 bits per heavy atom. The van der Waals surface area contributed by atoms with Gasteiger partial charge in [0.05, 0.1) is 11.7 Å². The molecule has 0 heterocycles. The highest BCUT2D eigenvalue weighted by atomic mass is 19.4. The van der Waals surface area contributed by atoms with Crippen molar-refractivity contribution in [3.05, 3.63) is 29.3 Å². The van der Waals surface area contributed by atoms with E-state index in [1.165, 1.54) is 0 Å². The van der Waals surface area contributed by atoms with Crippen LogP contribution in [0.15, 0.2) is 18.2 Å². The predicted octanol–water partition coefficient (Wildman–Crippen LogP) is 1.93. The molecular weight excluding hydrogens is 233 g/mol. The number of nitrogen functional groups attached to an aromatic ring is 1. The predicted molar refractivity (Wildman–Crippen MR) is 59.3 cm³/mol. The molecule has 0 amide bonds. The molecule has 0 bridgehead atoms. The number of aliphatic hydroxyl groups is 1. The van der Waals surface area contributed by atoms with Crippen LogP contribution in [0.4, 0.5) is 18.9 Å². The van der Waals surface area contributed by atoms with Gasteiger partial charge in [-0.1, -0.05) is 0 Å². The first-order chi connectivity index (χ1) is 7.77. The molecular formula is C11H15F3N2O. The molecule has 3 nitrogen and oxygen atoms in total. The molecule has 0 aliphatic heterocycles. The van der Waals surface area contributed by atoms with Crippen LogP contribution in [-0.2, 0) is 6.18 Å². The number of anilines is 1. The zero-order valence-electron chi connectivity index (χ0n) is 9.55. The maximum absolute atomic E-state index is 12.5. The van der Waals surface area contributed by atoms with Crippen molar-refractivity contribution in [3.63, 3.8) is 0 Å². The fourth-order valence-corrected chi connectivity index (χ4v) is 1.43. The Bertz CT molecular complexity index is 393. The molecule has 0 aromatic heterocycles. The maximum Gasteiger partial charge on any atom is 0.416 e. The number of hydrogen-bond acceptors (Lipinski definition) is 3. The molecule has 0 aliphatic rings. The first kappa shape index (κ1) is 13.8. The fraction of sp³-hybridized carbons (Fsp3) is 0.455. The van der Waals surface area contributed by atoms with Crippen LogP contribution in [-0.4, -0.2) is 18.2 Å². The van der Waals surface area contributed by atoms with Gasteiger partial charge in [-0.25, -0.2) is 0 Å². The van der Waals surface area contributed by atoms with Gasteiger partial charge in [0, 0.05) is 17.3 Å². The highest BCUT2D eigenvalue weighted by Gasteiger charge is 2.32. The Hall–Kier alpha value is -1.27. The van der Waals surface area contributed by atoms with Crippen LogP contribution in [0.25, 0.3) is 0 Å². The van der Waals surface area contributed by atoms with Crippen molar-refractivity contribution in [2.45, 2.75) is 25.2 Å². The van der Waals surface area contributed by atoms with Crippen LogP contribution in [0.3, 0.4) is 0 Å². The molecule has 4 N–H and O–H groups in total. The minimum atomic E-state index is -4.44. The Kier molecular flexibility index (Phi) is 4.00. The molecule has 2 unspecified atom stereocenters. The highest BCUT2D eigenvalue weighted by molar-refractivity contribution is 5.50. The molecule has 0 aliphatic carbocycles. The summed E-state index contributed by atoms with van der Waals surface area (Å²) >= 11 is 0. The Morgan fingerprint density at radius 3 is 2.41 bits per heavy atom. The van der Waals surface area contributed by atoms with Gasteiger partial charge in [-0.15, -0.1) is 0 Å². The summed E-state index contributed by atoms with van der Waals surface area (Å²) in [6.07, 6.45) is -5.52. The topological polar surface area (TPSA) is 58.3 Å². The molecule has 1 aromatic rings. The zero-order chi connectivity index (χ0) is 13.2. The smallest absolute Gasteiger partial charge is 0.398 e. The van der Waals surface area contributed by atoms with E-state index in [0.29, 0.717) is 0 Å². The van der Waals surface area contributed by atoms with Gasteiger partial charge in [0.1, 0.15) is 0 Å². The number of likely N-dealkylation sites (N-methyl/N-ethyl adjacent to an activating group) is 1. The van der Waals surface area contributed by atoms with Crippen LogP contribution in [0.1, 0.15) is 24.2 Å². The van der Waals surface area contributed by atoms with Gasteiger partial charge in [-0.05, 0) is 32.2 Å². The van der Waals surface area contributed by atoms with Crippen molar-refractivity contribution >= 4 is 5.69 Å². The van der Waals surface area contributed by atoms with Crippen LogP contribution < -0.4 is 11.1 Å². The maximum atomic E-state index is 12.5. The summed E-state index contributed by atoms with van der Waals surface area (Å²) in [5, 5.41) is 12.6. The monoisotopic (exact) mass is 248 g/mol. The normalized spacial score (nSPS) is 15.6. The highest BCUT2D eigenvalue weighted by Crippen LogP contribution is 2.33. The molecule has 2 atom stereocenters. The number of alkyl halides is 3. The van der Waals surface area contributed by atoms with E-state index in [1.807, 2.05) is 0 Å². The Balaban J connectivity index is 3.15. The van der Waals surface area contributed by atoms with Gasteiger partial charge in [-0.3, -0.25) is 0 Å². The second-order valence-corrected chi connectivity index (χ2v) is 3.86. The van der Waals surface area contributed by atoms with Crippen molar-refractivity contribution in [1.82, 2.24) is 5.32 Å². The largest absolute Gasteiger partial charge is 0.416 e. The van der Waals surface area contributed by atoms with Crippen LogP contribution in [0.5, 0.6) is 0 Å². The minimum absolute atomic E-state index is 0.0849. The summed E-state index contributed by atoms with van der Waals surface area (Å²) in [4.78, 5) is 0. The summed E-state index contributed by atoms with van der Waals surface area (Å²) in [5.74, 6) is 0. The third-order valence-electron chi connectivity index (χ3n) is 2.66. The molecule has 6 heteroatoms. The van der Waals surface area contributed by atoms with Crippen molar-refractivity contribution in [1.29, 1.82) is 0 Å². The van der Waals surface area contributed by atoms with E-state index in [0.717, 1.165) is 18.2 Å². The van der Waals surface area contributed by atoms with E-state index >= 15 is 0 Å². The molecule has 0 saturated heterocycles. The summed E-state index contributed by atoms with van der Waals surface area (Å²) in [6, 6.07) is 2.55. The van der Waals surface area contributed by atoms with Gasteiger partial charge >= 0.3 is 6.18 Å². The number of nitrogens with one attached hydrogen (secondary N) is 1. The van der Waals surface area contributed by atoms with E-state index in [9.17, 15) is 18.3 Å². The van der Waals surface area contributed by atoms with Crippen molar-refractivity contribution in [3.8, 4) is 0 Å². The third-order valence-corrected chi connectivity index (χ3v) is 2.66. The van der Waals surface area contributed by atoms with Crippen molar-refractivity contribution < 1.29 is 18.3 Å². The lowest BCUT2D eigenvalue weighted by Crippen LogP contribution is -2.29. The Labute approximate surface area is 97.4 Å². The molecule has 1 aromatic carbocycles. The number of nitrogens with two attached hydrogens (primary N) is 1. The lowest BCUT2D eigenvalue weighted by Gasteiger charge is -2.21. The number of hydrogen-bond donors (Lipinski definition) is 3. The summed E-state index contributed by atoms with van der Waals surface area (Å²) in [7, 11) is 1.61. The van der Waals surface area contributed by atoms with E-state index in [1.54, 1.807) is 14.0 Å². The number of aliphatic hydroxyl groups excluding tert-OH is 1. The lowest BCUT2D eigenvalue weighted by atomic mass is 9.99. The van der Waals surface area contributed by atoms with E-state index in [-0.39, 0.29) is 17.3 Å². The van der Waals surface area contributed by atoms with E-state index < -0.39 is 17.8 Å². The van der Waals surface area contributed by atoms with Crippen molar-refractivity contribution in [2.24, 2.45) is 0 Å². The molecule has 0 radical (unpaired) electrons.